The van der Waals surface area contributed by atoms with E-state index in [2.05, 4.69) is 26.2 Å². The molecule has 4 amide bonds. The molecule has 2 heterocycles. The molecular formula is C22H18BrN5O4S. The number of urea groups is 2. The van der Waals surface area contributed by atoms with Crippen molar-refractivity contribution in [1.82, 2.24) is 15.2 Å². The average molecular weight is 528 g/mol. The molecule has 0 spiro atoms. The Bertz CT molecular complexity index is 1260. The maximum Gasteiger partial charge on any atom is 0.337 e. The van der Waals surface area contributed by atoms with Crippen LogP contribution in [-0.2, 0) is 16.0 Å². The summed E-state index contributed by atoms with van der Waals surface area (Å²) in [7, 11) is 1.38. The summed E-state index contributed by atoms with van der Waals surface area (Å²) in [6.07, 6.45) is 4.97. The highest BCUT2D eigenvalue weighted by molar-refractivity contribution is 9.10. The molecule has 0 saturated heterocycles. The van der Waals surface area contributed by atoms with E-state index in [1.807, 2.05) is 6.07 Å². The Morgan fingerprint density at radius 1 is 1.30 bits per heavy atom. The summed E-state index contributed by atoms with van der Waals surface area (Å²) in [5.74, 6) is -0.207. The van der Waals surface area contributed by atoms with Crippen LogP contribution in [0.3, 0.4) is 0 Å². The first-order valence-electron chi connectivity index (χ1n) is 9.87. The van der Waals surface area contributed by atoms with Gasteiger partial charge in [0.05, 0.1) is 23.5 Å². The number of aromatic nitrogens is 1. The van der Waals surface area contributed by atoms with Crippen molar-refractivity contribution in [3.8, 4) is 6.07 Å². The number of amides is 4. The van der Waals surface area contributed by atoms with Crippen molar-refractivity contribution in [2.45, 2.75) is 23.8 Å². The summed E-state index contributed by atoms with van der Waals surface area (Å²) >= 11 is 1.80. The molecular weight excluding hydrogens is 510 g/mol. The molecule has 1 aromatic carbocycles. The number of halogens is 1. The third kappa shape index (κ3) is 3.90. The summed E-state index contributed by atoms with van der Waals surface area (Å²) in [5, 5.41) is 11.8. The fraction of sp³-hybridized carbons (Fsp3) is 0.227. The number of anilines is 1. The molecule has 2 aromatic rings. The second-order valence-corrected chi connectivity index (χ2v) is 9.67. The van der Waals surface area contributed by atoms with Gasteiger partial charge in [0.15, 0.2) is 10.7 Å². The SMILES string of the molecule is CNC(=O)N1C(=O)N(c2cncc(Br)c2)C2=C(C(=O)CC2)C1c1ccc(C#N)cc1[S+](C)[O-]. The molecule has 0 fully saturated rings. The maximum absolute atomic E-state index is 13.7. The molecule has 0 bridgehead atoms. The number of pyridine rings is 1. The van der Waals surface area contributed by atoms with Crippen LogP contribution in [0.4, 0.5) is 15.3 Å². The Balaban J connectivity index is 2.01. The Labute approximate surface area is 201 Å². The molecule has 9 nitrogen and oxygen atoms in total. The second kappa shape index (κ2) is 8.97. The van der Waals surface area contributed by atoms with Crippen LogP contribution in [0.2, 0.25) is 0 Å². The highest BCUT2D eigenvalue weighted by Gasteiger charge is 2.49. The number of hydrogen-bond acceptors (Lipinski definition) is 6. The number of allylic oxidation sites excluding steroid dienone is 1. The molecule has 1 aromatic heterocycles. The number of carbonyl (C=O) groups excluding carboxylic acids is 3. The van der Waals surface area contributed by atoms with Crippen LogP contribution >= 0.6 is 15.9 Å². The van der Waals surface area contributed by atoms with Gasteiger partial charge in [0.2, 0.25) is 0 Å². The normalized spacial score (nSPS) is 18.8. The van der Waals surface area contributed by atoms with E-state index in [4.69, 9.17) is 0 Å². The number of hydrogen-bond donors (Lipinski definition) is 1. The summed E-state index contributed by atoms with van der Waals surface area (Å²) in [6, 6.07) is 5.74. The number of benzene rings is 1. The van der Waals surface area contributed by atoms with E-state index in [-0.39, 0.29) is 28.2 Å². The van der Waals surface area contributed by atoms with Crippen LogP contribution in [0.1, 0.15) is 30.0 Å². The van der Waals surface area contributed by atoms with Crippen molar-refractivity contribution in [3.05, 3.63) is 63.5 Å². The van der Waals surface area contributed by atoms with E-state index in [1.54, 1.807) is 18.3 Å². The van der Waals surface area contributed by atoms with Crippen molar-refractivity contribution in [1.29, 1.82) is 5.26 Å². The first kappa shape index (κ1) is 23.0. The standard InChI is InChI=1S/C22H18BrN5O4S/c1-25-21(30)28-20(15-4-3-12(9-24)7-18(15)33(2)32)19-16(5-6-17(19)29)27(22(28)31)14-8-13(23)10-26-11-14/h3-4,7-8,10-11,20H,5-6H2,1-2H3,(H,25,30). The molecule has 0 saturated carbocycles. The smallest absolute Gasteiger partial charge is 0.337 e. The van der Waals surface area contributed by atoms with E-state index in [0.29, 0.717) is 27.8 Å². The number of nitrogens with zero attached hydrogens (tertiary/aromatic N) is 4. The Morgan fingerprint density at radius 2 is 2.06 bits per heavy atom. The van der Waals surface area contributed by atoms with Crippen molar-refractivity contribution in [2.75, 3.05) is 18.2 Å². The number of ketones is 1. The predicted molar refractivity (Wildman–Crippen MR) is 124 cm³/mol. The lowest BCUT2D eigenvalue weighted by Gasteiger charge is -2.40. The van der Waals surface area contributed by atoms with E-state index in [1.165, 1.54) is 36.5 Å². The van der Waals surface area contributed by atoms with E-state index < -0.39 is 29.3 Å². The van der Waals surface area contributed by atoms with Crippen LogP contribution in [0, 0.1) is 11.3 Å². The van der Waals surface area contributed by atoms with Crippen LogP contribution in [0.25, 0.3) is 0 Å². The molecule has 168 valence electrons. The molecule has 2 atom stereocenters. The number of imide groups is 1. The topological polar surface area (TPSA) is 129 Å². The molecule has 2 unspecified atom stereocenters. The van der Waals surface area contributed by atoms with Crippen molar-refractivity contribution in [3.63, 3.8) is 0 Å². The highest BCUT2D eigenvalue weighted by atomic mass is 79.9. The Kier molecular flexibility index (Phi) is 6.25. The number of nitrogens with one attached hydrogen (secondary N) is 1. The first-order chi connectivity index (χ1) is 15.8. The van der Waals surface area contributed by atoms with Crippen molar-refractivity contribution >= 4 is 50.6 Å². The molecule has 2 aliphatic rings. The van der Waals surface area contributed by atoms with E-state index in [9.17, 15) is 24.2 Å². The first-order valence-corrected chi connectivity index (χ1v) is 12.2. The average Bonchev–Trinajstić information content (AvgIpc) is 3.18. The quantitative estimate of drug-likeness (QED) is 0.608. The minimum atomic E-state index is -1.55. The van der Waals surface area contributed by atoms with Gasteiger partial charge in [-0.25, -0.2) is 14.5 Å². The predicted octanol–water partition coefficient (Wildman–Crippen LogP) is 3.39. The Hall–Kier alpha value is -3.20. The lowest BCUT2D eigenvalue weighted by Crippen LogP contribution is -2.55. The van der Waals surface area contributed by atoms with Gasteiger partial charge in [0.1, 0.15) is 12.3 Å². The fourth-order valence-electron chi connectivity index (χ4n) is 4.15. The van der Waals surface area contributed by atoms with Gasteiger partial charge in [0, 0.05) is 47.0 Å². The minimum absolute atomic E-state index is 0.175. The summed E-state index contributed by atoms with van der Waals surface area (Å²) in [5.41, 5.74) is 1.82. The number of nitriles is 1. The zero-order valence-electron chi connectivity index (χ0n) is 17.7. The molecule has 11 heteroatoms. The zero-order valence-corrected chi connectivity index (χ0v) is 20.1. The third-order valence-corrected chi connectivity index (χ3v) is 6.93. The van der Waals surface area contributed by atoms with Gasteiger partial charge in [-0.3, -0.25) is 14.7 Å². The maximum atomic E-state index is 13.7. The summed E-state index contributed by atoms with van der Waals surface area (Å²) in [6.45, 7) is 0. The van der Waals surface area contributed by atoms with E-state index >= 15 is 0 Å². The highest BCUT2D eigenvalue weighted by Crippen LogP contribution is 2.46. The molecule has 4 rings (SSSR count). The van der Waals surface area contributed by atoms with Gasteiger partial charge >= 0.3 is 12.1 Å². The molecule has 0 radical (unpaired) electrons. The lowest BCUT2D eigenvalue weighted by atomic mass is 9.92. The third-order valence-electron chi connectivity index (χ3n) is 5.53. The monoisotopic (exact) mass is 527 g/mol. The molecule has 33 heavy (non-hydrogen) atoms. The Morgan fingerprint density at radius 3 is 2.70 bits per heavy atom. The van der Waals surface area contributed by atoms with Gasteiger partial charge in [-0.15, -0.1) is 0 Å². The van der Waals surface area contributed by atoms with Crippen LogP contribution in [-0.4, -0.2) is 45.6 Å². The van der Waals surface area contributed by atoms with Crippen LogP contribution in [0.15, 0.2) is 57.3 Å². The number of carbonyl (C=O) groups is 3. The van der Waals surface area contributed by atoms with Crippen molar-refractivity contribution in [2.24, 2.45) is 0 Å². The van der Waals surface area contributed by atoms with Gasteiger partial charge in [-0.2, -0.15) is 5.26 Å². The van der Waals surface area contributed by atoms with Crippen LogP contribution < -0.4 is 10.2 Å². The second-order valence-electron chi connectivity index (χ2n) is 7.41. The minimum Gasteiger partial charge on any atom is -0.612 e. The van der Waals surface area contributed by atoms with Gasteiger partial charge in [-0.05, 0) is 45.7 Å². The van der Waals surface area contributed by atoms with Gasteiger partial charge in [0.25, 0.3) is 0 Å². The molecule has 1 N–H and O–H groups in total. The molecule has 1 aliphatic carbocycles. The summed E-state index contributed by atoms with van der Waals surface area (Å²) in [4.78, 5) is 46.5. The van der Waals surface area contributed by atoms with Crippen LogP contribution in [0.5, 0.6) is 0 Å². The van der Waals surface area contributed by atoms with Crippen molar-refractivity contribution < 1.29 is 18.9 Å². The lowest BCUT2D eigenvalue weighted by molar-refractivity contribution is -0.115. The number of rotatable bonds is 3. The molecule has 1 aliphatic heterocycles. The van der Waals surface area contributed by atoms with Gasteiger partial charge < -0.3 is 9.87 Å². The fourth-order valence-corrected chi connectivity index (χ4v) is 5.31. The summed E-state index contributed by atoms with van der Waals surface area (Å²) < 4.78 is 13.2. The zero-order chi connectivity index (χ0) is 23.9. The number of Topliss-reactive ketones (excluding diaryl/α,β-unsaturated/α-hetero) is 1. The van der Waals surface area contributed by atoms with E-state index in [0.717, 1.165) is 4.90 Å². The largest absolute Gasteiger partial charge is 0.612 e. The van der Waals surface area contributed by atoms with Gasteiger partial charge in [-0.1, -0.05) is 6.07 Å².